The van der Waals surface area contributed by atoms with Gasteiger partial charge in [0.1, 0.15) is 5.78 Å². The van der Waals surface area contributed by atoms with E-state index in [0.717, 1.165) is 5.56 Å². The largest absolute Gasteiger partial charge is 0.493 e. The number of hydrogen-bond acceptors (Lipinski definition) is 3. The van der Waals surface area contributed by atoms with Crippen molar-refractivity contribution in [2.45, 2.75) is 26.2 Å². The van der Waals surface area contributed by atoms with E-state index in [-0.39, 0.29) is 11.7 Å². The Labute approximate surface area is 96.4 Å². The Balaban J connectivity index is 2.93. The summed E-state index contributed by atoms with van der Waals surface area (Å²) in [6.45, 7) is 3.64. The van der Waals surface area contributed by atoms with Crippen molar-refractivity contribution in [3.8, 4) is 11.5 Å². The van der Waals surface area contributed by atoms with E-state index in [1.165, 1.54) is 0 Å². The lowest BCUT2D eigenvalue weighted by Crippen LogP contribution is -2.01. The Morgan fingerprint density at radius 1 is 1.25 bits per heavy atom. The standard InChI is InChI=1S/C13H18O3/c1-9(7-10(2)14)11-5-6-12(15-3)13(8-11)16-4/h5-6,8-9H,7H2,1-4H3. The van der Waals surface area contributed by atoms with Crippen LogP contribution in [0.5, 0.6) is 11.5 Å². The average Bonchev–Trinajstić information content (AvgIpc) is 2.27. The van der Waals surface area contributed by atoms with Crippen molar-refractivity contribution in [3.05, 3.63) is 23.8 Å². The van der Waals surface area contributed by atoms with Gasteiger partial charge in [-0.3, -0.25) is 0 Å². The van der Waals surface area contributed by atoms with Crippen LogP contribution < -0.4 is 9.47 Å². The van der Waals surface area contributed by atoms with Crippen LogP contribution in [0.15, 0.2) is 18.2 Å². The van der Waals surface area contributed by atoms with Crippen molar-refractivity contribution >= 4 is 5.78 Å². The van der Waals surface area contributed by atoms with E-state index in [9.17, 15) is 4.79 Å². The average molecular weight is 222 g/mol. The summed E-state index contributed by atoms with van der Waals surface area (Å²) >= 11 is 0. The summed E-state index contributed by atoms with van der Waals surface area (Å²) in [7, 11) is 3.22. The Kier molecular flexibility index (Phi) is 4.35. The van der Waals surface area contributed by atoms with E-state index < -0.39 is 0 Å². The fourth-order valence-electron chi connectivity index (χ4n) is 1.71. The predicted octanol–water partition coefficient (Wildman–Crippen LogP) is 2.79. The second-order valence-corrected chi connectivity index (χ2v) is 3.92. The highest BCUT2D eigenvalue weighted by Crippen LogP contribution is 2.31. The van der Waals surface area contributed by atoms with Crippen molar-refractivity contribution in [2.75, 3.05) is 14.2 Å². The predicted molar refractivity (Wildman–Crippen MR) is 63.3 cm³/mol. The van der Waals surface area contributed by atoms with Crippen LogP contribution in [-0.4, -0.2) is 20.0 Å². The lowest BCUT2D eigenvalue weighted by molar-refractivity contribution is -0.117. The number of methoxy groups -OCH3 is 2. The van der Waals surface area contributed by atoms with Gasteiger partial charge < -0.3 is 14.3 Å². The smallest absolute Gasteiger partial charge is 0.160 e. The molecule has 0 radical (unpaired) electrons. The summed E-state index contributed by atoms with van der Waals surface area (Å²) < 4.78 is 10.4. The minimum absolute atomic E-state index is 0.197. The lowest BCUT2D eigenvalue weighted by Gasteiger charge is -2.13. The molecule has 1 rings (SSSR count). The van der Waals surface area contributed by atoms with Crippen molar-refractivity contribution in [2.24, 2.45) is 0 Å². The van der Waals surface area contributed by atoms with Gasteiger partial charge >= 0.3 is 0 Å². The van der Waals surface area contributed by atoms with Crippen LogP contribution in [0.3, 0.4) is 0 Å². The van der Waals surface area contributed by atoms with Crippen LogP contribution in [0.1, 0.15) is 31.7 Å². The molecule has 1 aromatic carbocycles. The van der Waals surface area contributed by atoms with Gasteiger partial charge in [0, 0.05) is 6.42 Å². The fourth-order valence-corrected chi connectivity index (χ4v) is 1.71. The molecule has 0 heterocycles. The summed E-state index contributed by atoms with van der Waals surface area (Å²) in [6, 6.07) is 5.76. The van der Waals surface area contributed by atoms with E-state index in [2.05, 4.69) is 0 Å². The number of carbonyl (C=O) groups is 1. The third kappa shape index (κ3) is 2.99. The Bertz CT molecular complexity index is 371. The van der Waals surface area contributed by atoms with E-state index in [4.69, 9.17) is 9.47 Å². The third-order valence-corrected chi connectivity index (χ3v) is 2.57. The summed E-state index contributed by atoms with van der Waals surface area (Å²) in [5.74, 6) is 1.82. The van der Waals surface area contributed by atoms with Gasteiger partial charge in [0.25, 0.3) is 0 Å². The number of ether oxygens (including phenoxy) is 2. The molecule has 1 unspecified atom stereocenters. The molecule has 0 amide bonds. The van der Waals surface area contributed by atoms with E-state index in [0.29, 0.717) is 17.9 Å². The van der Waals surface area contributed by atoms with Gasteiger partial charge in [-0.05, 0) is 30.5 Å². The second-order valence-electron chi connectivity index (χ2n) is 3.92. The van der Waals surface area contributed by atoms with Crippen molar-refractivity contribution in [3.63, 3.8) is 0 Å². The minimum atomic E-state index is 0.197. The number of benzene rings is 1. The molecule has 0 bridgehead atoms. The van der Waals surface area contributed by atoms with Crippen LogP contribution in [0.2, 0.25) is 0 Å². The molecule has 1 atom stereocenters. The van der Waals surface area contributed by atoms with E-state index >= 15 is 0 Å². The first-order valence-corrected chi connectivity index (χ1v) is 5.29. The SMILES string of the molecule is COc1ccc(C(C)CC(C)=O)cc1OC. The second kappa shape index (κ2) is 5.54. The topological polar surface area (TPSA) is 35.5 Å². The van der Waals surface area contributed by atoms with Gasteiger partial charge in [-0.15, -0.1) is 0 Å². The first-order chi connectivity index (χ1) is 7.58. The van der Waals surface area contributed by atoms with Crippen LogP contribution in [0.4, 0.5) is 0 Å². The molecule has 0 aromatic heterocycles. The Morgan fingerprint density at radius 2 is 1.88 bits per heavy atom. The molecule has 16 heavy (non-hydrogen) atoms. The summed E-state index contributed by atoms with van der Waals surface area (Å²) in [5, 5.41) is 0. The number of ketones is 1. The number of carbonyl (C=O) groups excluding carboxylic acids is 1. The van der Waals surface area contributed by atoms with E-state index in [1.54, 1.807) is 21.1 Å². The van der Waals surface area contributed by atoms with Gasteiger partial charge in [0.05, 0.1) is 14.2 Å². The molecule has 0 aliphatic heterocycles. The molecule has 0 aliphatic carbocycles. The molecule has 3 nitrogen and oxygen atoms in total. The molecule has 0 N–H and O–H groups in total. The molecule has 0 fully saturated rings. The molecule has 0 saturated carbocycles. The zero-order valence-electron chi connectivity index (χ0n) is 10.2. The van der Waals surface area contributed by atoms with Gasteiger partial charge in [-0.25, -0.2) is 0 Å². The highest BCUT2D eigenvalue weighted by Gasteiger charge is 2.11. The Hall–Kier alpha value is -1.51. The zero-order valence-corrected chi connectivity index (χ0v) is 10.2. The molecule has 1 aromatic rings. The highest BCUT2D eigenvalue weighted by molar-refractivity contribution is 5.76. The van der Waals surface area contributed by atoms with E-state index in [1.807, 2.05) is 25.1 Å². The number of rotatable bonds is 5. The molecule has 0 spiro atoms. The van der Waals surface area contributed by atoms with Gasteiger partial charge in [-0.1, -0.05) is 13.0 Å². The summed E-state index contributed by atoms with van der Waals surface area (Å²) in [4.78, 5) is 11.0. The van der Waals surface area contributed by atoms with Crippen molar-refractivity contribution in [1.82, 2.24) is 0 Å². The molecule has 0 aliphatic rings. The molecular formula is C13H18O3. The molecule has 3 heteroatoms. The van der Waals surface area contributed by atoms with Gasteiger partial charge in [0.15, 0.2) is 11.5 Å². The van der Waals surface area contributed by atoms with Crippen LogP contribution in [0.25, 0.3) is 0 Å². The number of hydrogen-bond donors (Lipinski definition) is 0. The summed E-state index contributed by atoms with van der Waals surface area (Å²) in [5.41, 5.74) is 1.09. The van der Waals surface area contributed by atoms with Crippen LogP contribution in [0, 0.1) is 0 Å². The summed E-state index contributed by atoms with van der Waals surface area (Å²) in [6.07, 6.45) is 0.551. The van der Waals surface area contributed by atoms with Crippen LogP contribution in [-0.2, 0) is 4.79 Å². The first-order valence-electron chi connectivity index (χ1n) is 5.29. The maximum atomic E-state index is 11.0. The minimum Gasteiger partial charge on any atom is -0.493 e. The first kappa shape index (κ1) is 12.6. The molecule has 88 valence electrons. The monoisotopic (exact) mass is 222 g/mol. The van der Waals surface area contributed by atoms with Crippen molar-refractivity contribution < 1.29 is 14.3 Å². The fraction of sp³-hybridized carbons (Fsp3) is 0.462. The maximum absolute atomic E-state index is 11.0. The number of Topliss-reactive ketones (excluding diaryl/α,β-unsaturated/α-hetero) is 1. The highest BCUT2D eigenvalue weighted by atomic mass is 16.5. The van der Waals surface area contributed by atoms with Gasteiger partial charge in [0.2, 0.25) is 0 Å². The third-order valence-electron chi connectivity index (χ3n) is 2.57. The van der Waals surface area contributed by atoms with Crippen molar-refractivity contribution in [1.29, 1.82) is 0 Å². The van der Waals surface area contributed by atoms with Crippen LogP contribution >= 0.6 is 0 Å². The lowest BCUT2D eigenvalue weighted by atomic mass is 9.96. The molecular weight excluding hydrogens is 204 g/mol. The maximum Gasteiger partial charge on any atom is 0.160 e. The molecule has 0 saturated heterocycles. The normalized spacial score (nSPS) is 12.0. The Morgan fingerprint density at radius 3 is 2.38 bits per heavy atom. The quantitative estimate of drug-likeness (QED) is 0.768. The van der Waals surface area contributed by atoms with Gasteiger partial charge in [-0.2, -0.15) is 0 Å². The zero-order chi connectivity index (χ0) is 12.1.